The molecular weight excluding hydrogens is 356 g/mol. The number of furan rings is 1. The van der Waals surface area contributed by atoms with Crippen molar-refractivity contribution in [3.63, 3.8) is 0 Å². The van der Waals surface area contributed by atoms with E-state index >= 15 is 0 Å². The Morgan fingerprint density at radius 3 is 3.05 bits per heavy atom. The van der Waals surface area contributed by atoms with E-state index in [1.54, 1.807) is 29.4 Å². The number of nitrogen functional groups attached to an aromatic ring is 1. The molecular formula is C14H11BrN2OS2. The van der Waals surface area contributed by atoms with E-state index in [0.29, 0.717) is 0 Å². The Morgan fingerprint density at radius 1 is 1.35 bits per heavy atom. The molecule has 0 aliphatic rings. The second-order valence-electron chi connectivity index (χ2n) is 4.09. The summed E-state index contributed by atoms with van der Waals surface area (Å²) in [5.74, 6) is 1.60. The maximum Gasteiger partial charge on any atom is 0.162 e. The summed E-state index contributed by atoms with van der Waals surface area (Å²) in [5.41, 5.74) is 7.79. The van der Waals surface area contributed by atoms with Crippen molar-refractivity contribution in [2.75, 3.05) is 5.73 Å². The lowest BCUT2D eigenvalue weighted by Crippen LogP contribution is -1.89. The van der Waals surface area contributed by atoms with Crippen LogP contribution in [0.1, 0.15) is 5.69 Å². The molecule has 2 aromatic heterocycles. The molecule has 0 fully saturated rings. The number of hydrogen-bond acceptors (Lipinski definition) is 5. The van der Waals surface area contributed by atoms with E-state index in [1.165, 1.54) is 0 Å². The molecule has 3 rings (SSSR count). The molecule has 0 atom stereocenters. The smallest absolute Gasteiger partial charge is 0.162 e. The number of anilines is 1. The zero-order valence-electron chi connectivity index (χ0n) is 10.4. The van der Waals surface area contributed by atoms with Crippen molar-refractivity contribution in [3.05, 3.63) is 52.1 Å². The molecule has 1 aromatic carbocycles. The Labute approximate surface area is 133 Å². The summed E-state index contributed by atoms with van der Waals surface area (Å²) < 4.78 is 6.38. The van der Waals surface area contributed by atoms with Crippen molar-refractivity contribution in [2.24, 2.45) is 0 Å². The molecule has 20 heavy (non-hydrogen) atoms. The van der Waals surface area contributed by atoms with Gasteiger partial charge in [0, 0.05) is 26.2 Å². The summed E-state index contributed by atoms with van der Waals surface area (Å²) in [4.78, 5) is 5.63. The van der Waals surface area contributed by atoms with Crippen molar-refractivity contribution in [1.29, 1.82) is 0 Å². The quantitative estimate of drug-likeness (QED) is 0.518. The maximum atomic E-state index is 5.96. The van der Waals surface area contributed by atoms with Crippen LogP contribution in [0.15, 0.2) is 55.8 Å². The fourth-order valence-electron chi connectivity index (χ4n) is 1.67. The number of halogens is 1. The summed E-state index contributed by atoms with van der Waals surface area (Å²) in [5, 5.41) is 2.96. The molecule has 0 bridgehead atoms. The Bertz CT molecular complexity index is 710. The van der Waals surface area contributed by atoms with Gasteiger partial charge < -0.3 is 10.2 Å². The van der Waals surface area contributed by atoms with E-state index in [1.807, 2.05) is 30.3 Å². The molecule has 0 amide bonds. The Hall–Kier alpha value is -1.24. The summed E-state index contributed by atoms with van der Waals surface area (Å²) in [7, 11) is 0. The van der Waals surface area contributed by atoms with Crippen molar-refractivity contribution in [2.45, 2.75) is 10.6 Å². The molecule has 2 heterocycles. The first kappa shape index (κ1) is 13.7. The second kappa shape index (κ2) is 6.03. The molecule has 2 N–H and O–H groups in total. The van der Waals surface area contributed by atoms with Crippen molar-refractivity contribution < 1.29 is 4.42 Å². The molecule has 3 aromatic rings. The number of hydrogen-bond donors (Lipinski definition) is 1. The molecule has 0 saturated carbocycles. The van der Waals surface area contributed by atoms with Crippen LogP contribution in [0.25, 0.3) is 10.8 Å². The largest absolute Gasteiger partial charge is 0.462 e. The molecule has 0 aliphatic heterocycles. The van der Waals surface area contributed by atoms with Gasteiger partial charge in [0.1, 0.15) is 0 Å². The number of benzene rings is 1. The fourth-order valence-corrected chi connectivity index (χ4v) is 3.97. The minimum atomic E-state index is 0.790. The van der Waals surface area contributed by atoms with Gasteiger partial charge in [-0.3, -0.25) is 0 Å². The molecule has 6 heteroatoms. The standard InChI is InChI=1S/C14H11BrN2OS2/c15-9-3-4-11(16)13(6-9)19-7-10-8-20-14(17-10)12-2-1-5-18-12/h1-6,8H,7,16H2. The van der Waals surface area contributed by atoms with E-state index in [-0.39, 0.29) is 0 Å². The van der Waals surface area contributed by atoms with Crippen LogP contribution in [0.3, 0.4) is 0 Å². The highest BCUT2D eigenvalue weighted by Gasteiger charge is 2.08. The van der Waals surface area contributed by atoms with Gasteiger partial charge in [0.15, 0.2) is 10.8 Å². The zero-order valence-corrected chi connectivity index (χ0v) is 13.6. The number of nitrogens with two attached hydrogens (primary N) is 1. The Morgan fingerprint density at radius 2 is 2.25 bits per heavy atom. The van der Waals surface area contributed by atoms with Crippen LogP contribution in [0.4, 0.5) is 5.69 Å². The van der Waals surface area contributed by atoms with E-state index in [9.17, 15) is 0 Å². The first-order valence-electron chi connectivity index (χ1n) is 5.88. The molecule has 0 radical (unpaired) electrons. The van der Waals surface area contributed by atoms with Crippen LogP contribution in [0.2, 0.25) is 0 Å². The van der Waals surface area contributed by atoms with Crippen molar-refractivity contribution in [1.82, 2.24) is 4.98 Å². The summed E-state index contributed by atoms with van der Waals surface area (Å²) in [6.45, 7) is 0. The third-order valence-corrected chi connectivity index (χ3v) is 5.14. The lowest BCUT2D eigenvalue weighted by molar-refractivity contribution is 0.581. The summed E-state index contributed by atoms with van der Waals surface area (Å²) in [6.07, 6.45) is 1.66. The van der Waals surface area contributed by atoms with Gasteiger partial charge in [0.05, 0.1) is 12.0 Å². The topological polar surface area (TPSA) is 52.0 Å². The number of thioether (sulfide) groups is 1. The zero-order chi connectivity index (χ0) is 13.9. The van der Waals surface area contributed by atoms with Crippen molar-refractivity contribution >= 4 is 44.7 Å². The third kappa shape index (κ3) is 3.08. The highest BCUT2D eigenvalue weighted by molar-refractivity contribution is 9.10. The van der Waals surface area contributed by atoms with Gasteiger partial charge in [0.25, 0.3) is 0 Å². The monoisotopic (exact) mass is 366 g/mol. The van der Waals surface area contributed by atoms with E-state index in [4.69, 9.17) is 10.2 Å². The predicted octanol–water partition coefficient (Wildman–Crippen LogP) is 5.04. The summed E-state index contributed by atoms with van der Waals surface area (Å²) in [6, 6.07) is 9.66. The van der Waals surface area contributed by atoms with Crippen molar-refractivity contribution in [3.8, 4) is 10.8 Å². The Kier molecular flexibility index (Phi) is 4.14. The normalized spacial score (nSPS) is 10.8. The molecule has 102 valence electrons. The first-order valence-corrected chi connectivity index (χ1v) is 8.54. The number of nitrogens with zero attached hydrogens (tertiary/aromatic N) is 1. The molecule has 0 unspecified atom stereocenters. The first-order chi connectivity index (χ1) is 9.72. The number of aromatic nitrogens is 1. The van der Waals surface area contributed by atoms with Crippen LogP contribution < -0.4 is 5.73 Å². The lowest BCUT2D eigenvalue weighted by Gasteiger charge is -2.04. The lowest BCUT2D eigenvalue weighted by atomic mass is 10.3. The number of thiazole rings is 1. The van der Waals surface area contributed by atoms with Gasteiger partial charge in [-0.25, -0.2) is 4.98 Å². The fraction of sp³-hybridized carbons (Fsp3) is 0.0714. The van der Waals surface area contributed by atoms with Gasteiger partial charge in [-0.05, 0) is 30.3 Å². The van der Waals surface area contributed by atoms with Crippen LogP contribution in [0, 0.1) is 0 Å². The van der Waals surface area contributed by atoms with Gasteiger partial charge in [-0.2, -0.15) is 0 Å². The molecule has 0 saturated heterocycles. The second-order valence-corrected chi connectivity index (χ2v) is 6.88. The van der Waals surface area contributed by atoms with E-state index in [2.05, 4.69) is 26.3 Å². The van der Waals surface area contributed by atoms with E-state index in [0.717, 1.165) is 37.3 Å². The molecule has 0 aliphatic carbocycles. The van der Waals surface area contributed by atoms with Gasteiger partial charge in [0.2, 0.25) is 0 Å². The average Bonchev–Trinajstić information content (AvgIpc) is 3.09. The molecule has 0 spiro atoms. The number of rotatable bonds is 4. The van der Waals surface area contributed by atoms with E-state index < -0.39 is 0 Å². The van der Waals surface area contributed by atoms with Crippen LogP contribution in [0.5, 0.6) is 0 Å². The minimum absolute atomic E-state index is 0.790. The van der Waals surface area contributed by atoms with Gasteiger partial charge in [-0.1, -0.05) is 15.9 Å². The average molecular weight is 367 g/mol. The SMILES string of the molecule is Nc1ccc(Br)cc1SCc1csc(-c2ccco2)n1. The summed E-state index contributed by atoms with van der Waals surface area (Å²) >= 11 is 6.73. The predicted molar refractivity (Wildman–Crippen MR) is 87.9 cm³/mol. The van der Waals surface area contributed by atoms with Crippen LogP contribution >= 0.6 is 39.0 Å². The van der Waals surface area contributed by atoms with Gasteiger partial charge >= 0.3 is 0 Å². The molecule has 3 nitrogen and oxygen atoms in total. The Balaban J connectivity index is 1.71. The highest BCUT2D eigenvalue weighted by atomic mass is 79.9. The third-order valence-electron chi connectivity index (χ3n) is 2.63. The maximum absolute atomic E-state index is 5.96. The van der Waals surface area contributed by atoms with Crippen LogP contribution in [-0.4, -0.2) is 4.98 Å². The highest BCUT2D eigenvalue weighted by Crippen LogP contribution is 2.32. The van der Waals surface area contributed by atoms with Gasteiger partial charge in [-0.15, -0.1) is 23.1 Å². The minimum Gasteiger partial charge on any atom is -0.462 e. The van der Waals surface area contributed by atoms with Crippen LogP contribution in [-0.2, 0) is 5.75 Å².